The van der Waals surface area contributed by atoms with Crippen LogP contribution in [0, 0.1) is 5.41 Å². The Hall–Kier alpha value is -0.900. The molecule has 1 saturated carbocycles. The molecule has 0 bridgehead atoms. The second kappa shape index (κ2) is 3.93. The quantitative estimate of drug-likeness (QED) is 0.513. The van der Waals surface area contributed by atoms with Crippen molar-refractivity contribution in [2.24, 2.45) is 5.41 Å². The Kier molecular flexibility index (Phi) is 2.78. The van der Waals surface area contributed by atoms with E-state index >= 15 is 0 Å². The average molecular weight is 211 g/mol. The zero-order chi connectivity index (χ0) is 10.9. The van der Waals surface area contributed by atoms with E-state index in [0.29, 0.717) is 5.41 Å². The second-order valence-corrected chi connectivity index (χ2v) is 4.74. The first-order chi connectivity index (χ1) is 7.13. The summed E-state index contributed by atoms with van der Waals surface area (Å²) in [5, 5.41) is 0. The topological polar surface area (TPSA) is 46.6 Å². The van der Waals surface area contributed by atoms with Gasteiger partial charge in [-0.15, -0.1) is 0 Å². The van der Waals surface area contributed by atoms with Crippen molar-refractivity contribution < 1.29 is 14.3 Å². The van der Waals surface area contributed by atoms with Crippen molar-refractivity contribution in [1.29, 1.82) is 0 Å². The number of nitrogens with zero attached hydrogens (tertiary/aromatic N) is 1. The van der Waals surface area contributed by atoms with Gasteiger partial charge in [0.05, 0.1) is 13.1 Å². The van der Waals surface area contributed by atoms with Gasteiger partial charge in [-0.05, 0) is 24.7 Å². The van der Waals surface area contributed by atoms with Gasteiger partial charge >= 0.3 is 11.9 Å². The number of cyclic esters (lactones) is 2. The molecular weight excluding hydrogens is 194 g/mol. The molecule has 1 aliphatic heterocycles. The minimum atomic E-state index is -0.404. The molecule has 15 heavy (non-hydrogen) atoms. The molecule has 2 fully saturated rings. The summed E-state index contributed by atoms with van der Waals surface area (Å²) in [4.78, 5) is 24.1. The van der Waals surface area contributed by atoms with Gasteiger partial charge in [0.15, 0.2) is 0 Å². The molecule has 1 aliphatic carbocycles. The number of carbonyl (C=O) groups is 2. The van der Waals surface area contributed by atoms with Crippen LogP contribution >= 0.6 is 0 Å². The molecule has 0 aromatic carbocycles. The van der Waals surface area contributed by atoms with Crippen LogP contribution in [0.15, 0.2) is 0 Å². The predicted octanol–water partition coefficient (Wildman–Crippen LogP) is 0.952. The molecule has 0 spiro atoms. The lowest BCUT2D eigenvalue weighted by Gasteiger charge is -2.28. The fourth-order valence-electron chi connectivity index (χ4n) is 2.39. The number of morpholine rings is 1. The van der Waals surface area contributed by atoms with Crippen LogP contribution in [0.3, 0.4) is 0 Å². The lowest BCUT2D eigenvalue weighted by atomic mass is 10.00. The van der Waals surface area contributed by atoms with E-state index in [0.717, 1.165) is 6.54 Å². The zero-order valence-electron chi connectivity index (χ0n) is 9.12. The monoisotopic (exact) mass is 211 g/mol. The Labute approximate surface area is 89.6 Å². The Balaban J connectivity index is 1.88. The van der Waals surface area contributed by atoms with Crippen LogP contribution in [0.25, 0.3) is 0 Å². The fourth-order valence-corrected chi connectivity index (χ4v) is 2.39. The first-order valence-corrected chi connectivity index (χ1v) is 5.59. The molecule has 84 valence electrons. The zero-order valence-corrected chi connectivity index (χ0v) is 9.12. The van der Waals surface area contributed by atoms with E-state index in [1.165, 1.54) is 25.7 Å². The highest BCUT2D eigenvalue weighted by molar-refractivity contribution is 5.90. The summed E-state index contributed by atoms with van der Waals surface area (Å²) in [6.45, 7) is 3.60. The standard InChI is InChI=1S/C11H17NO3/c1-2-3-11(4-5-11)8-12-6-9(13)15-10(14)7-12/h2-8H2,1H3. The van der Waals surface area contributed by atoms with Crippen LogP contribution in [0.1, 0.15) is 32.6 Å². The lowest BCUT2D eigenvalue weighted by molar-refractivity contribution is -0.167. The van der Waals surface area contributed by atoms with E-state index in [9.17, 15) is 9.59 Å². The predicted molar refractivity (Wildman–Crippen MR) is 54.1 cm³/mol. The molecule has 4 heteroatoms. The molecule has 0 N–H and O–H groups in total. The smallest absolute Gasteiger partial charge is 0.327 e. The Morgan fingerprint density at radius 3 is 2.33 bits per heavy atom. The molecule has 0 aromatic heterocycles. The summed E-state index contributed by atoms with van der Waals surface area (Å²) in [5.74, 6) is -0.808. The number of esters is 2. The summed E-state index contributed by atoms with van der Waals surface area (Å²) in [7, 11) is 0. The van der Waals surface area contributed by atoms with Gasteiger partial charge in [0.1, 0.15) is 0 Å². The molecule has 2 aliphatic rings. The van der Waals surface area contributed by atoms with Gasteiger partial charge in [0, 0.05) is 6.54 Å². The van der Waals surface area contributed by atoms with Crippen molar-refractivity contribution in [2.75, 3.05) is 19.6 Å². The summed E-state index contributed by atoms with van der Waals surface area (Å²) in [5.41, 5.74) is 0.395. The highest BCUT2D eigenvalue weighted by atomic mass is 16.6. The van der Waals surface area contributed by atoms with Crippen molar-refractivity contribution >= 4 is 11.9 Å². The highest BCUT2D eigenvalue weighted by Crippen LogP contribution is 2.50. The van der Waals surface area contributed by atoms with E-state index in [1.807, 2.05) is 4.90 Å². The van der Waals surface area contributed by atoms with Crippen molar-refractivity contribution in [3.63, 3.8) is 0 Å². The molecule has 0 amide bonds. The van der Waals surface area contributed by atoms with Crippen LogP contribution in [-0.2, 0) is 14.3 Å². The highest BCUT2D eigenvalue weighted by Gasteiger charge is 2.44. The van der Waals surface area contributed by atoms with Crippen molar-refractivity contribution in [3.8, 4) is 0 Å². The molecular formula is C11H17NO3. The summed E-state index contributed by atoms with van der Waals surface area (Å²) >= 11 is 0. The minimum absolute atomic E-state index is 0.275. The number of ether oxygens (including phenoxy) is 1. The van der Waals surface area contributed by atoms with Crippen LogP contribution in [0.5, 0.6) is 0 Å². The first-order valence-electron chi connectivity index (χ1n) is 5.59. The molecule has 1 saturated heterocycles. The molecule has 2 rings (SSSR count). The summed E-state index contributed by atoms with van der Waals surface area (Å²) in [6.07, 6.45) is 4.85. The lowest BCUT2D eigenvalue weighted by Crippen LogP contribution is -2.45. The van der Waals surface area contributed by atoms with E-state index in [1.54, 1.807) is 0 Å². The maximum Gasteiger partial charge on any atom is 0.327 e. The van der Waals surface area contributed by atoms with E-state index in [-0.39, 0.29) is 13.1 Å². The number of carbonyl (C=O) groups excluding carboxylic acids is 2. The molecule has 1 heterocycles. The molecule has 4 nitrogen and oxygen atoms in total. The molecule has 0 radical (unpaired) electrons. The fraction of sp³-hybridized carbons (Fsp3) is 0.818. The van der Waals surface area contributed by atoms with Crippen LogP contribution in [-0.4, -0.2) is 36.5 Å². The largest absolute Gasteiger partial charge is 0.391 e. The third-order valence-electron chi connectivity index (χ3n) is 3.23. The van der Waals surface area contributed by atoms with Gasteiger partial charge in [-0.25, -0.2) is 0 Å². The van der Waals surface area contributed by atoms with Crippen molar-refractivity contribution in [3.05, 3.63) is 0 Å². The van der Waals surface area contributed by atoms with Gasteiger partial charge in [0.2, 0.25) is 0 Å². The van der Waals surface area contributed by atoms with Crippen LogP contribution < -0.4 is 0 Å². The van der Waals surface area contributed by atoms with Crippen molar-refractivity contribution in [1.82, 2.24) is 4.90 Å². The second-order valence-electron chi connectivity index (χ2n) is 4.74. The van der Waals surface area contributed by atoms with Crippen LogP contribution in [0.4, 0.5) is 0 Å². The number of hydrogen-bond donors (Lipinski definition) is 0. The maximum atomic E-state index is 11.1. The minimum Gasteiger partial charge on any atom is -0.391 e. The van der Waals surface area contributed by atoms with Gasteiger partial charge in [-0.2, -0.15) is 0 Å². The third-order valence-corrected chi connectivity index (χ3v) is 3.23. The Morgan fingerprint density at radius 1 is 1.27 bits per heavy atom. The van der Waals surface area contributed by atoms with Gasteiger partial charge in [-0.3, -0.25) is 14.5 Å². The summed E-state index contributed by atoms with van der Waals surface area (Å²) in [6, 6.07) is 0. The van der Waals surface area contributed by atoms with Crippen molar-refractivity contribution in [2.45, 2.75) is 32.6 Å². The van der Waals surface area contributed by atoms with E-state index < -0.39 is 11.9 Å². The Bertz CT molecular complexity index is 268. The average Bonchev–Trinajstić information content (AvgIpc) is 2.83. The number of rotatable bonds is 4. The summed E-state index contributed by atoms with van der Waals surface area (Å²) < 4.78 is 4.49. The van der Waals surface area contributed by atoms with Gasteiger partial charge in [0.25, 0.3) is 0 Å². The maximum absolute atomic E-state index is 11.1. The SMILES string of the molecule is CCCC1(CN2CC(=O)OC(=O)C2)CC1. The Morgan fingerprint density at radius 2 is 1.87 bits per heavy atom. The number of hydrogen-bond acceptors (Lipinski definition) is 4. The van der Waals surface area contributed by atoms with Gasteiger partial charge < -0.3 is 4.74 Å². The third kappa shape index (κ3) is 2.56. The molecule has 0 atom stereocenters. The van der Waals surface area contributed by atoms with Gasteiger partial charge in [-0.1, -0.05) is 13.3 Å². The first kappa shape index (κ1) is 10.6. The van der Waals surface area contributed by atoms with Crippen LogP contribution in [0.2, 0.25) is 0 Å². The molecule has 0 unspecified atom stereocenters. The molecule has 0 aromatic rings. The van der Waals surface area contributed by atoms with E-state index in [4.69, 9.17) is 0 Å². The normalized spacial score (nSPS) is 25.1. The van der Waals surface area contributed by atoms with E-state index in [2.05, 4.69) is 11.7 Å².